The second-order valence-electron chi connectivity index (χ2n) is 7.31. The van der Waals surface area contributed by atoms with Crippen LogP contribution in [0.5, 0.6) is 5.75 Å². The van der Waals surface area contributed by atoms with E-state index in [0.717, 1.165) is 27.1 Å². The number of alkyl halides is 2. The van der Waals surface area contributed by atoms with Crippen molar-refractivity contribution in [3.05, 3.63) is 34.0 Å². The molecule has 9 heteroatoms. The Bertz CT molecular complexity index is 1070. The van der Waals surface area contributed by atoms with Crippen LogP contribution in [-0.2, 0) is 13.0 Å². The van der Waals surface area contributed by atoms with E-state index in [9.17, 15) is 13.6 Å². The van der Waals surface area contributed by atoms with Gasteiger partial charge in [-0.15, -0.1) is 11.3 Å². The van der Waals surface area contributed by atoms with E-state index < -0.39 is 5.92 Å². The molecular formula is C18H18F2N4O2S. The molecule has 142 valence electrons. The van der Waals surface area contributed by atoms with Crippen molar-refractivity contribution in [2.45, 2.75) is 38.3 Å². The lowest BCUT2D eigenvalue weighted by Gasteiger charge is -2.25. The third-order valence-electron chi connectivity index (χ3n) is 5.20. The molecule has 0 spiro atoms. The van der Waals surface area contributed by atoms with Gasteiger partial charge in [-0.25, -0.2) is 8.78 Å². The minimum atomic E-state index is -2.65. The number of hydrogen-bond acceptors (Lipinski definition) is 5. The molecule has 1 atom stereocenters. The van der Waals surface area contributed by atoms with Gasteiger partial charge < -0.3 is 9.72 Å². The summed E-state index contributed by atoms with van der Waals surface area (Å²) in [4.78, 5) is 18.2. The van der Waals surface area contributed by atoms with Gasteiger partial charge in [-0.05, 0) is 12.5 Å². The van der Waals surface area contributed by atoms with Crippen molar-refractivity contribution in [3.8, 4) is 16.2 Å². The summed E-state index contributed by atoms with van der Waals surface area (Å²) in [5.74, 6) is -1.95. The van der Waals surface area contributed by atoms with Crippen LogP contribution in [0.3, 0.4) is 0 Å². The number of aromatic nitrogens is 3. The molecule has 3 aromatic rings. The third kappa shape index (κ3) is 2.76. The van der Waals surface area contributed by atoms with Gasteiger partial charge in [0.1, 0.15) is 16.6 Å². The summed E-state index contributed by atoms with van der Waals surface area (Å²) >= 11 is 1.38. The Morgan fingerprint density at radius 3 is 3.04 bits per heavy atom. The van der Waals surface area contributed by atoms with E-state index in [1.54, 1.807) is 17.3 Å². The van der Waals surface area contributed by atoms with Gasteiger partial charge in [-0.2, -0.15) is 5.10 Å². The van der Waals surface area contributed by atoms with Crippen molar-refractivity contribution in [3.63, 3.8) is 0 Å². The predicted octanol–water partition coefficient (Wildman–Crippen LogP) is 3.14. The van der Waals surface area contributed by atoms with E-state index in [4.69, 9.17) is 4.74 Å². The minimum absolute atomic E-state index is 0.0642. The molecule has 1 saturated heterocycles. The van der Waals surface area contributed by atoms with Gasteiger partial charge in [0, 0.05) is 48.8 Å². The average molecular weight is 392 g/mol. The quantitative estimate of drug-likeness (QED) is 0.718. The van der Waals surface area contributed by atoms with Gasteiger partial charge in [0.2, 0.25) is 0 Å². The van der Waals surface area contributed by atoms with Crippen molar-refractivity contribution in [1.82, 2.24) is 20.1 Å². The smallest absolute Gasteiger partial charge is 0.266 e. The Morgan fingerprint density at radius 1 is 1.48 bits per heavy atom. The maximum Gasteiger partial charge on any atom is 0.266 e. The molecule has 2 N–H and O–H groups in total. The Balaban J connectivity index is 1.66. The SMILES string of the molecule is C[C@H]1Cc2c(CN3CCC(F)(F)C3)[nH]c(=O)c3sc(-c4cn[nH]c4)c(c23)O1. The van der Waals surface area contributed by atoms with Gasteiger partial charge in [0.05, 0.1) is 17.6 Å². The molecule has 27 heavy (non-hydrogen) atoms. The van der Waals surface area contributed by atoms with Crippen molar-refractivity contribution in [2.24, 2.45) is 0 Å². The second-order valence-corrected chi connectivity index (χ2v) is 8.33. The number of halogens is 2. The number of rotatable bonds is 3. The van der Waals surface area contributed by atoms with Gasteiger partial charge in [-0.1, -0.05) is 0 Å². The summed E-state index contributed by atoms with van der Waals surface area (Å²) < 4.78 is 33.8. The topological polar surface area (TPSA) is 74.0 Å². The number of H-pyrrole nitrogens is 2. The molecule has 5 rings (SSSR count). The first kappa shape index (κ1) is 16.9. The van der Waals surface area contributed by atoms with E-state index in [2.05, 4.69) is 15.2 Å². The molecule has 0 bridgehead atoms. The number of hydrogen-bond donors (Lipinski definition) is 2. The monoisotopic (exact) mass is 392 g/mol. The van der Waals surface area contributed by atoms with E-state index in [1.807, 2.05) is 6.92 Å². The summed E-state index contributed by atoms with van der Waals surface area (Å²) in [5, 5.41) is 7.59. The van der Waals surface area contributed by atoms with E-state index in [-0.39, 0.29) is 24.6 Å². The number of pyridine rings is 1. The minimum Gasteiger partial charge on any atom is -0.488 e. The fraction of sp³-hybridized carbons (Fsp3) is 0.444. The van der Waals surface area contributed by atoms with Crippen molar-refractivity contribution >= 4 is 21.4 Å². The molecule has 0 amide bonds. The maximum atomic E-state index is 13.6. The first-order valence-corrected chi connectivity index (χ1v) is 9.69. The van der Waals surface area contributed by atoms with Gasteiger partial charge in [0.25, 0.3) is 11.5 Å². The first-order valence-electron chi connectivity index (χ1n) is 8.88. The normalized spacial score (nSPS) is 21.7. The van der Waals surface area contributed by atoms with Crippen molar-refractivity contribution < 1.29 is 13.5 Å². The van der Waals surface area contributed by atoms with Gasteiger partial charge in [0.15, 0.2) is 0 Å². The molecule has 0 aromatic carbocycles. The summed E-state index contributed by atoms with van der Waals surface area (Å²) in [7, 11) is 0. The highest BCUT2D eigenvalue weighted by atomic mass is 32.1. The highest BCUT2D eigenvalue weighted by molar-refractivity contribution is 7.22. The Morgan fingerprint density at radius 2 is 2.33 bits per heavy atom. The summed E-state index contributed by atoms with van der Waals surface area (Å²) in [6, 6.07) is 0. The van der Waals surface area contributed by atoms with E-state index in [0.29, 0.717) is 30.0 Å². The maximum absolute atomic E-state index is 13.6. The molecule has 0 saturated carbocycles. The van der Waals surface area contributed by atoms with Crippen LogP contribution in [0.2, 0.25) is 0 Å². The van der Waals surface area contributed by atoms with Crippen LogP contribution in [0, 0.1) is 0 Å². The number of thiophene rings is 1. The molecule has 6 nitrogen and oxygen atoms in total. The number of nitrogens with zero attached hydrogens (tertiary/aromatic N) is 2. The van der Waals surface area contributed by atoms with Crippen LogP contribution in [0.25, 0.3) is 20.5 Å². The van der Waals surface area contributed by atoms with Crippen LogP contribution in [0.15, 0.2) is 17.2 Å². The van der Waals surface area contributed by atoms with Crippen molar-refractivity contribution in [2.75, 3.05) is 13.1 Å². The van der Waals surface area contributed by atoms with Crippen LogP contribution >= 0.6 is 11.3 Å². The molecule has 1 fully saturated rings. The third-order valence-corrected chi connectivity index (χ3v) is 6.42. The molecule has 0 aliphatic carbocycles. The average Bonchev–Trinajstić information content (AvgIpc) is 3.31. The highest BCUT2D eigenvalue weighted by Crippen LogP contribution is 2.47. The van der Waals surface area contributed by atoms with E-state index in [1.165, 1.54) is 11.3 Å². The fourth-order valence-electron chi connectivity index (χ4n) is 4.00. The standard InChI is InChI=1S/C18H18F2N4O2S/c1-9-4-11-12(7-24-3-2-18(19,20)8-24)23-17(25)16-13(11)14(26-9)15(27-16)10-5-21-22-6-10/h5-6,9H,2-4,7-8H2,1H3,(H,21,22)(H,23,25)/t9-/m0/s1. The largest absolute Gasteiger partial charge is 0.488 e. The predicted molar refractivity (Wildman–Crippen MR) is 98.7 cm³/mol. The number of likely N-dealkylation sites (tertiary alicyclic amines) is 1. The lowest BCUT2D eigenvalue weighted by atomic mass is 9.98. The zero-order chi connectivity index (χ0) is 18.8. The lowest BCUT2D eigenvalue weighted by Crippen LogP contribution is -2.29. The Kier molecular flexibility index (Phi) is 3.67. The lowest BCUT2D eigenvalue weighted by molar-refractivity contribution is 0.0113. The molecular weight excluding hydrogens is 374 g/mol. The van der Waals surface area contributed by atoms with Crippen molar-refractivity contribution in [1.29, 1.82) is 0 Å². The number of nitrogens with one attached hydrogen (secondary N) is 2. The second kappa shape index (κ2) is 5.87. The Labute approximate surface area is 157 Å². The zero-order valence-electron chi connectivity index (χ0n) is 14.6. The molecule has 5 heterocycles. The van der Waals surface area contributed by atoms with E-state index >= 15 is 0 Å². The summed E-state index contributed by atoms with van der Waals surface area (Å²) in [6.07, 6.45) is 3.91. The van der Waals surface area contributed by atoms with Gasteiger partial charge >= 0.3 is 0 Å². The summed E-state index contributed by atoms with van der Waals surface area (Å²) in [5.41, 5.74) is 2.39. The van der Waals surface area contributed by atoms with Crippen LogP contribution < -0.4 is 10.3 Å². The highest BCUT2D eigenvalue weighted by Gasteiger charge is 2.39. The molecule has 0 unspecified atom stereocenters. The molecule has 2 aliphatic rings. The zero-order valence-corrected chi connectivity index (χ0v) is 15.5. The molecule has 2 aliphatic heterocycles. The first-order chi connectivity index (χ1) is 12.9. The van der Waals surface area contributed by atoms with Crippen LogP contribution in [0.1, 0.15) is 24.6 Å². The number of aromatic amines is 2. The Hall–Kier alpha value is -2.26. The molecule has 3 aromatic heterocycles. The van der Waals surface area contributed by atoms with Crippen LogP contribution in [-0.4, -0.2) is 45.2 Å². The van der Waals surface area contributed by atoms with Crippen LogP contribution in [0.4, 0.5) is 8.78 Å². The summed E-state index contributed by atoms with van der Waals surface area (Å²) in [6.45, 7) is 2.36. The molecule has 0 radical (unpaired) electrons. The van der Waals surface area contributed by atoms with Gasteiger partial charge in [-0.3, -0.25) is 14.8 Å². The number of ether oxygens (including phenoxy) is 1. The fourth-order valence-corrected chi connectivity index (χ4v) is 5.14.